The van der Waals surface area contributed by atoms with E-state index in [0.717, 1.165) is 35.4 Å². The lowest BCUT2D eigenvalue weighted by Gasteiger charge is -2.23. The molecule has 0 saturated heterocycles. The number of ether oxygens (including phenoxy) is 1. The molecular weight excluding hydrogens is 324 g/mol. The minimum atomic E-state index is -0.140. The van der Waals surface area contributed by atoms with Gasteiger partial charge in [-0.05, 0) is 61.1 Å². The molecule has 0 saturated carbocycles. The van der Waals surface area contributed by atoms with Crippen LogP contribution in [0, 0.1) is 13.8 Å². The molecule has 2 amide bonds. The third kappa shape index (κ3) is 4.18. The Bertz CT molecular complexity index is 784. The van der Waals surface area contributed by atoms with Gasteiger partial charge in [-0.3, -0.25) is 4.90 Å². The topological polar surface area (TPSA) is 41.6 Å². The number of amides is 2. The van der Waals surface area contributed by atoms with Crippen LogP contribution in [0.2, 0.25) is 0 Å². The van der Waals surface area contributed by atoms with Crippen LogP contribution in [0.5, 0.6) is 5.75 Å². The van der Waals surface area contributed by atoms with E-state index in [2.05, 4.69) is 51.2 Å². The highest BCUT2D eigenvalue weighted by Gasteiger charge is 2.16. The Kier molecular flexibility index (Phi) is 6.67. The Hall–Kier alpha value is -2.49. The van der Waals surface area contributed by atoms with Crippen molar-refractivity contribution in [2.24, 2.45) is 0 Å². The quantitative estimate of drug-likeness (QED) is 0.811. The van der Waals surface area contributed by atoms with Crippen molar-refractivity contribution in [1.82, 2.24) is 5.32 Å². The third-order valence-corrected chi connectivity index (χ3v) is 4.90. The Morgan fingerprint density at radius 3 is 2.38 bits per heavy atom. The summed E-state index contributed by atoms with van der Waals surface area (Å²) in [5.74, 6) is 0.902. The van der Waals surface area contributed by atoms with Crippen LogP contribution in [0.25, 0.3) is 0 Å². The summed E-state index contributed by atoms with van der Waals surface area (Å²) >= 11 is 0. The van der Waals surface area contributed by atoms with Gasteiger partial charge in [-0.15, -0.1) is 0 Å². The first-order valence-electron chi connectivity index (χ1n) is 9.21. The molecule has 0 atom stereocenters. The highest BCUT2D eigenvalue weighted by Crippen LogP contribution is 2.28. The third-order valence-electron chi connectivity index (χ3n) is 4.90. The lowest BCUT2D eigenvalue weighted by atomic mass is 10.0. The number of aryl methyl sites for hydroxylation is 4. The zero-order valence-electron chi connectivity index (χ0n) is 16.8. The Balaban J connectivity index is 2.34. The van der Waals surface area contributed by atoms with E-state index in [0.29, 0.717) is 6.61 Å². The van der Waals surface area contributed by atoms with Gasteiger partial charge < -0.3 is 10.1 Å². The van der Waals surface area contributed by atoms with Gasteiger partial charge in [0.25, 0.3) is 0 Å². The predicted octanol–water partition coefficient (Wildman–Crippen LogP) is 4.78. The number of benzene rings is 2. The van der Waals surface area contributed by atoms with E-state index in [1.165, 1.54) is 16.7 Å². The van der Waals surface area contributed by atoms with Crippen LogP contribution in [0.15, 0.2) is 30.3 Å². The number of rotatable bonds is 6. The summed E-state index contributed by atoms with van der Waals surface area (Å²) in [6.45, 7) is 8.92. The number of nitrogens with zero attached hydrogens (tertiary/aromatic N) is 1. The van der Waals surface area contributed by atoms with Crippen LogP contribution in [-0.4, -0.2) is 20.1 Å². The van der Waals surface area contributed by atoms with E-state index < -0.39 is 0 Å². The van der Waals surface area contributed by atoms with Gasteiger partial charge in [0.2, 0.25) is 0 Å². The zero-order chi connectivity index (χ0) is 19.3. The van der Waals surface area contributed by atoms with E-state index in [1.807, 2.05) is 12.1 Å². The maximum atomic E-state index is 12.1. The highest BCUT2D eigenvalue weighted by atomic mass is 16.5. The van der Waals surface area contributed by atoms with Gasteiger partial charge in [0.05, 0.1) is 5.69 Å². The number of carbonyl (C=O) groups is 1. The lowest BCUT2D eigenvalue weighted by Crippen LogP contribution is -2.35. The molecule has 2 aromatic carbocycles. The first-order valence-corrected chi connectivity index (χ1v) is 9.21. The molecule has 140 valence electrons. The van der Waals surface area contributed by atoms with Crippen molar-refractivity contribution in [2.45, 2.75) is 47.1 Å². The van der Waals surface area contributed by atoms with Gasteiger partial charge in [0.15, 0.2) is 0 Å². The fraction of sp³-hybridized carbons (Fsp3) is 0.409. The molecule has 0 aliphatic rings. The van der Waals surface area contributed by atoms with Crippen LogP contribution in [0.4, 0.5) is 10.5 Å². The molecule has 0 aliphatic carbocycles. The zero-order valence-corrected chi connectivity index (χ0v) is 16.8. The molecule has 1 N–H and O–H groups in total. The molecular formula is C22H30N2O2. The summed E-state index contributed by atoms with van der Waals surface area (Å²) in [4.78, 5) is 13.7. The van der Waals surface area contributed by atoms with Gasteiger partial charge in [-0.1, -0.05) is 32.0 Å². The minimum absolute atomic E-state index is 0.140. The summed E-state index contributed by atoms with van der Waals surface area (Å²) in [5.41, 5.74) is 6.87. The van der Waals surface area contributed by atoms with E-state index in [4.69, 9.17) is 4.74 Å². The van der Waals surface area contributed by atoms with Crippen LogP contribution in [0.1, 0.15) is 41.7 Å². The first-order chi connectivity index (χ1) is 12.4. The summed E-state index contributed by atoms with van der Waals surface area (Å²) in [6.07, 6.45) is 1.91. The Morgan fingerprint density at radius 1 is 1.08 bits per heavy atom. The molecule has 2 rings (SSSR count). The van der Waals surface area contributed by atoms with Gasteiger partial charge in [0, 0.05) is 19.7 Å². The van der Waals surface area contributed by atoms with Crippen molar-refractivity contribution >= 4 is 11.7 Å². The SMILES string of the molecule is CCc1cc(C)c(OCc2c(CC)cccc2N(C)C(=O)NC)cc1C. The predicted molar refractivity (Wildman–Crippen MR) is 108 cm³/mol. The molecule has 0 fully saturated rings. The molecule has 0 radical (unpaired) electrons. The lowest BCUT2D eigenvalue weighted by molar-refractivity contribution is 0.249. The Morgan fingerprint density at radius 2 is 1.77 bits per heavy atom. The highest BCUT2D eigenvalue weighted by molar-refractivity contribution is 5.92. The summed E-state index contributed by atoms with van der Waals surface area (Å²) in [7, 11) is 3.42. The smallest absolute Gasteiger partial charge is 0.321 e. The van der Waals surface area contributed by atoms with E-state index in [9.17, 15) is 4.79 Å². The maximum Gasteiger partial charge on any atom is 0.321 e. The fourth-order valence-corrected chi connectivity index (χ4v) is 3.25. The van der Waals surface area contributed by atoms with E-state index in [-0.39, 0.29) is 6.03 Å². The second-order valence-corrected chi connectivity index (χ2v) is 6.57. The standard InChI is InChI=1S/C22H30N2O2/c1-7-17-10-9-11-20(24(6)22(25)23-5)19(17)14-26-21-13-15(3)18(8-2)12-16(21)4/h9-13H,7-8,14H2,1-6H3,(H,23,25). The van der Waals surface area contributed by atoms with Crippen molar-refractivity contribution in [3.8, 4) is 5.75 Å². The Labute approximate surface area is 157 Å². The fourth-order valence-electron chi connectivity index (χ4n) is 3.25. The molecule has 0 bridgehead atoms. The van der Waals surface area contributed by atoms with Crippen LogP contribution < -0.4 is 15.0 Å². The molecule has 0 spiro atoms. The van der Waals surface area contributed by atoms with E-state index >= 15 is 0 Å². The van der Waals surface area contributed by atoms with Crippen molar-refractivity contribution in [2.75, 3.05) is 19.0 Å². The normalized spacial score (nSPS) is 10.5. The molecule has 0 aromatic heterocycles. The summed E-state index contributed by atoms with van der Waals surface area (Å²) < 4.78 is 6.19. The number of urea groups is 1. The molecule has 4 heteroatoms. The minimum Gasteiger partial charge on any atom is -0.489 e. The number of hydrogen-bond acceptors (Lipinski definition) is 2. The van der Waals surface area contributed by atoms with Crippen molar-refractivity contribution in [3.63, 3.8) is 0 Å². The van der Waals surface area contributed by atoms with Crippen LogP contribution in [-0.2, 0) is 19.4 Å². The summed E-state index contributed by atoms with van der Waals surface area (Å²) in [5, 5.41) is 2.68. The second-order valence-electron chi connectivity index (χ2n) is 6.57. The van der Waals surface area contributed by atoms with Crippen molar-refractivity contribution in [1.29, 1.82) is 0 Å². The average Bonchev–Trinajstić information content (AvgIpc) is 2.66. The average molecular weight is 354 g/mol. The molecule has 2 aromatic rings. The molecule has 4 nitrogen and oxygen atoms in total. The van der Waals surface area contributed by atoms with Crippen LogP contribution in [0.3, 0.4) is 0 Å². The molecule has 0 heterocycles. The van der Waals surface area contributed by atoms with Gasteiger partial charge in [-0.25, -0.2) is 4.79 Å². The maximum absolute atomic E-state index is 12.1. The van der Waals surface area contributed by atoms with Gasteiger partial charge in [-0.2, -0.15) is 0 Å². The first kappa shape index (κ1) is 19.8. The van der Waals surface area contributed by atoms with Crippen molar-refractivity contribution in [3.05, 3.63) is 58.1 Å². The largest absolute Gasteiger partial charge is 0.489 e. The second kappa shape index (κ2) is 8.75. The van der Waals surface area contributed by atoms with Crippen molar-refractivity contribution < 1.29 is 9.53 Å². The number of nitrogens with one attached hydrogen (secondary N) is 1. The van der Waals surface area contributed by atoms with E-state index in [1.54, 1.807) is 19.0 Å². The molecule has 26 heavy (non-hydrogen) atoms. The van der Waals surface area contributed by atoms with Crippen LogP contribution >= 0.6 is 0 Å². The molecule has 0 aliphatic heterocycles. The number of hydrogen-bond donors (Lipinski definition) is 1. The monoisotopic (exact) mass is 354 g/mol. The number of carbonyl (C=O) groups excluding carboxylic acids is 1. The number of anilines is 1. The van der Waals surface area contributed by atoms with Gasteiger partial charge in [0.1, 0.15) is 12.4 Å². The molecule has 0 unspecified atom stereocenters. The summed E-state index contributed by atoms with van der Waals surface area (Å²) in [6, 6.07) is 10.2. The van der Waals surface area contributed by atoms with Gasteiger partial charge >= 0.3 is 6.03 Å².